The van der Waals surface area contributed by atoms with Crippen LogP contribution in [-0.4, -0.2) is 9.97 Å². The number of nitrogen functional groups attached to an aromatic ring is 1. The number of hydrazine groups is 1. The van der Waals surface area contributed by atoms with Crippen LogP contribution in [-0.2, 0) is 6.42 Å². The molecular weight excluding hydrogens is 275 g/mol. The van der Waals surface area contributed by atoms with Crippen LogP contribution in [0.3, 0.4) is 0 Å². The highest BCUT2D eigenvalue weighted by atomic mass is 32.1. The molecule has 6 heteroatoms. The molecule has 2 aromatic heterocycles. The number of aromatic nitrogens is 2. The molecule has 1 aromatic carbocycles. The van der Waals surface area contributed by atoms with Gasteiger partial charge in [0.15, 0.2) is 5.82 Å². The third kappa shape index (κ3) is 2.35. The topological polar surface area (TPSA) is 63.8 Å². The van der Waals surface area contributed by atoms with Gasteiger partial charge in [-0.05, 0) is 24.6 Å². The average molecular weight is 288 g/mol. The second-order valence-corrected chi connectivity index (χ2v) is 5.71. The van der Waals surface area contributed by atoms with Crippen molar-refractivity contribution in [3.05, 3.63) is 52.4 Å². The first-order valence-electron chi connectivity index (χ1n) is 6.14. The lowest BCUT2D eigenvalue weighted by atomic mass is 10.1. The van der Waals surface area contributed by atoms with Crippen LogP contribution >= 0.6 is 11.3 Å². The average Bonchev–Trinajstić information content (AvgIpc) is 2.80. The number of nitrogens with one attached hydrogen (secondary N) is 1. The van der Waals surface area contributed by atoms with Crippen molar-refractivity contribution in [1.29, 1.82) is 0 Å². The minimum absolute atomic E-state index is 0.249. The van der Waals surface area contributed by atoms with Crippen molar-refractivity contribution < 1.29 is 4.39 Å². The summed E-state index contributed by atoms with van der Waals surface area (Å²) < 4.78 is 13.7. The molecule has 0 amide bonds. The summed E-state index contributed by atoms with van der Waals surface area (Å²) in [5, 5.41) is 0.896. The summed E-state index contributed by atoms with van der Waals surface area (Å²) in [4.78, 5) is 10.8. The highest BCUT2D eigenvalue weighted by molar-refractivity contribution is 7.18. The molecule has 0 aliphatic rings. The number of thiophene rings is 1. The van der Waals surface area contributed by atoms with Gasteiger partial charge in [-0.15, -0.1) is 11.3 Å². The maximum Gasteiger partial charge on any atom is 0.152 e. The fourth-order valence-corrected chi connectivity index (χ4v) is 2.99. The number of aryl methyl sites for hydroxylation is 1. The lowest BCUT2D eigenvalue weighted by molar-refractivity contribution is 0.612. The number of hydrogen-bond donors (Lipinski definition) is 2. The van der Waals surface area contributed by atoms with Gasteiger partial charge in [-0.2, -0.15) is 0 Å². The molecule has 3 aromatic rings. The van der Waals surface area contributed by atoms with Crippen molar-refractivity contribution >= 4 is 27.4 Å². The zero-order valence-corrected chi connectivity index (χ0v) is 11.7. The summed E-state index contributed by atoms with van der Waals surface area (Å²) in [6.45, 7) is 2.00. The molecule has 4 nitrogen and oxygen atoms in total. The highest BCUT2D eigenvalue weighted by Gasteiger charge is 2.11. The molecule has 3 rings (SSSR count). The molecule has 0 fully saturated rings. The fraction of sp³-hybridized carbons (Fsp3) is 0.143. The molecule has 2 heterocycles. The number of benzene rings is 1. The van der Waals surface area contributed by atoms with Crippen LogP contribution in [0.4, 0.5) is 10.2 Å². The minimum atomic E-state index is -0.249. The molecule has 102 valence electrons. The molecule has 0 atom stereocenters. The number of nitrogens with two attached hydrogens (primary N) is 1. The van der Waals surface area contributed by atoms with Crippen molar-refractivity contribution in [3.63, 3.8) is 0 Å². The minimum Gasteiger partial charge on any atom is -0.308 e. The summed E-state index contributed by atoms with van der Waals surface area (Å²) in [7, 11) is 0. The molecule has 0 saturated heterocycles. The van der Waals surface area contributed by atoms with Gasteiger partial charge < -0.3 is 5.43 Å². The Morgan fingerprint density at radius 2 is 2.10 bits per heavy atom. The molecule has 0 spiro atoms. The van der Waals surface area contributed by atoms with Crippen LogP contribution in [0.1, 0.15) is 16.3 Å². The Hall–Kier alpha value is -2.05. The van der Waals surface area contributed by atoms with E-state index in [1.165, 1.54) is 6.07 Å². The summed E-state index contributed by atoms with van der Waals surface area (Å²) in [5.74, 6) is 6.39. The molecule has 0 aliphatic heterocycles. The van der Waals surface area contributed by atoms with E-state index in [0.29, 0.717) is 23.6 Å². The first-order chi connectivity index (χ1) is 9.67. The number of hydrogen-bond acceptors (Lipinski definition) is 5. The standard InChI is InChI=1S/C14H13FN4S/c1-8-6-10-13(19-16)17-12(18-14(10)20-8)7-9-4-2-3-5-11(9)15/h2-6H,7,16H2,1H3,(H,17,18,19). The summed E-state index contributed by atoms with van der Waals surface area (Å²) in [6, 6.07) is 8.62. The maximum atomic E-state index is 13.7. The molecule has 0 saturated carbocycles. The smallest absolute Gasteiger partial charge is 0.152 e. The first-order valence-corrected chi connectivity index (χ1v) is 6.96. The van der Waals surface area contributed by atoms with Crippen LogP contribution in [0.15, 0.2) is 30.3 Å². The van der Waals surface area contributed by atoms with Gasteiger partial charge in [-0.25, -0.2) is 20.2 Å². The normalized spacial score (nSPS) is 10.9. The Balaban J connectivity index is 2.06. The third-order valence-electron chi connectivity index (χ3n) is 3.01. The Morgan fingerprint density at radius 3 is 2.85 bits per heavy atom. The Morgan fingerprint density at radius 1 is 1.30 bits per heavy atom. The van der Waals surface area contributed by atoms with E-state index in [1.807, 2.05) is 13.0 Å². The number of anilines is 1. The zero-order chi connectivity index (χ0) is 14.1. The van der Waals surface area contributed by atoms with Crippen molar-refractivity contribution in [2.24, 2.45) is 5.84 Å². The van der Waals surface area contributed by atoms with E-state index in [1.54, 1.807) is 29.5 Å². The van der Waals surface area contributed by atoms with Gasteiger partial charge in [0, 0.05) is 11.3 Å². The molecule has 0 bridgehead atoms. The van der Waals surface area contributed by atoms with E-state index in [4.69, 9.17) is 5.84 Å². The highest BCUT2D eigenvalue weighted by Crippen LogP contribution is 2.28. The van der Waals surface area contributed by atoms with E-state index in [-0.39, 0.29) is 5.82 Å². The SMILES string of the molecule is Cc1cc2c(NN)nc(Cc3ccccc3F)nc2s1. The van der Waals surface area contributed by atoms with E-state index in [9.17, 15) is 4.39 Å². The zero-order valence-electron chi connectivity index (χ0n) is 10.9. The van der Waals surface area contributed by atoms with Gasteiger partial charge in [0.05, 0.1) is 5.39 Å². The Labute approximate surface area is 119 Å². The van der Waals surface area contributed by atoms with Crippen LogP contribution < -0.4 is 11.3 Å². The van der Waals surface area contributed by atoms with E-state index < -0.39 is 0 Å². The molecular formula is C14H13FN4S. The second-order valence-electron chi connectivity index (χ2n) is 4.48. The Kier molecular flexibility index (Phi) is 3.33. The first kappa shape index (κ1) is 13.0. The number of rotatable bonds is 3. The van der Waals surface area contributed by atoms with Crippen LogP contribution in [0.5, 0.6) is 0 Å². The fourth-order valence-electron chi connectivity index (χ4n) is 2.09. The molecule has 0 unspecified atom stereocenters. The Bertz CT molecular complexity index is 769. The van der Waals surface area contributed by atoms with Gasteiger partial charge >= 0.3 is 0 Å². The predicted molar refractivity (Wildman–Crippen MR) is 79.2 cm³/mol. The van der Waals surface area contributed by atoms with Gasteiger partial charge in [0.2, 0.25) is 0 Å². The van der Waals surface area contributed by atoms with E-state index >= 15 is 0 Å². The molecule has 20 heavy (non-hydrogen) atoms. The quantitative estimate of drug-likeness (QED) is 0.574. The largest absolute Gasteiger partial charge is 0.308 e. The van der Waals surface area contributed by atoms with Gasteiger partial charge in [0.25, 0.3) is 0 Å². The van der Waals surface area contributed by atoms with Gasteiger partial charge in [-0.1, -0.05) is 18.2 Å². The van der Waals surface area contributed by atoms with E-state index in [0.717, 1.165) is 15.1 Å². The molecule has 0 radical (unpaired) electrons. The number of nitrogens with zero attached hydrogens (tertiary/aromatic N) is 2. The van der Waals surface area contributed by atoms with Crippen molar-refractivity contribution in [2.75, 3.05) is 5.43 Å². The van der Waals surface area contributed by atoms with Crippen molar-refractivity contribution in [1.82, 2.24) is 9.97 Å². The number of halogens is 1. The van der Waals surface area contributed by atoms with Gasteiger partial charge in [0.1, 0.15) is 16.5 Å². The lowest BCUT2D eigenvalue weighted by Gasteiger charge is -2.06. The number of fused-ring (bicyclic) bond motifs is 1. The third-order valence-corrected chi connectivity index (χ3v) is 3.95. The van der Waals surface area contributed by atoms with Crippen LogP contribution in [0.25, 0.3) is 10.2 Å². The van der Waals surface area contributed by atoms with Crippen LogP contribution in [0.2, 0.25) is 0 Å². The monoisotopic (exact) mass is 288 g/mol. The van der Waals surface area contributed by atoms with Crippen LogP contribution in [0, 0.1) is 12.7 Å². The predicted octanol–water partition coefficient (Wildman–Crippen LogP) is 3.02. The lowest BCUT2D eigenvalue weighted by Crippen LogP contribution is -2.11. The van der Waals surface area contributed by atoms with Crippen molar-refractivity contribution in [3.8, 4) is 0 Å². The van der Waals surface area contributed by atoms with Crippen molar-refractivity contribution in [2.45, 2.75) is 13.3 Å². The van der Waals surface area contributed by atoms with Gasteiger partial charge in [-0.3, -0.25) is 0 Å². The molecule has 0 aliphatic carbocycles. The summed E-state index contributed by atoms with van der Waals surface area (Å²) >= 11 is 1.57. The van der Waals surface area contributed by atoms with E-state index in [2.05, 4.69) is 15.4 Å². The molecule has 3 N–H and O–H groups in total. The summed E-state index contributed by atoms with van der Waals surface area (Å²) in [6.07, 6.45) is 0.342. The maximum absolute atomic E-state index is 13.7. The summed E-state index contributed by atoms with van der Waals surface area (Å²) in [5.41, 5.74) is 3.16. The second kappa shape index (κ2) is 5.15.